The number of aliphatic hydroxyl groups excluding tert-OH is 1. The third kappa shape index (κ3) is 5.12. The first-order chi connectivity index (χ1) is 18.7. The van der Waals surface area contributed by atoms with Gasteiger partial charge in [0.05, 0.1) is 16.5 Å². The highest BCUT2D eigenvalue weighted by molar-refractivity contribution is 7.15. The van der Waals surface area contributed by atoms with Gasteiger partial charge in [-0.25, -0.2) is 0 Å². The molecule has 10 nitrogen and oxygen atoms in total. The van der Waals surface area contributed by atoms with Gasteiger partial charge in [-0.05, 0) is 49.2 Å². The summed E-state index contributed by atoms with van der Waals surface area (Å²) in [5, 5.41) is 31.4. The number of aliphatic hydroxyl groups is 1. The highest BCUT2D eigenvalue weighted by Gasteiger charge is 2.48. The number of Topliss-reactive ketones (excluding diaryl/α,β-unsaturated/α-hetero) is 1. The zero-order chi connectivity index (χ0) is 27.7. The van der Waals surface area contributed by atoms with Crippen LogP contribution in [0.15, 0.2) is 78.4 Å². The molecule has 1 aliphatic heterocycles. The van der Waals surface area contributed by atoms with Gasteiger partial charge in [-0.3, -0.25) is 24.6 Å². The number of aromatic nitrogens is 2. The fraction of sp³-hybridized carbons (Fsp3) is 0.143. The Morgan fingerprint density at radius 3 is 2.46 bits per heavy atom. The molecule has 5 rings (SSSR count). The molecule has 0 radical (unpaired) electrons. The molecular weight excluding hydrogens is 520 g/mol. The number of ether oxygens (including phenoxy) is 1. The van der Waals surface area contributed by atoms with E-state index in [-0.39, 0.29) is 27.5 Å². The van der Waals surface area contributed by atoms with Gasteiger partial charge in [0.25, 0.3) is 11.5 Å². The molecule has 4 aromatic rings. The fourth-order valence-corrected chi connectivity index (χ4v) is 5.08. The smallest absolute Gasteiger partial charge is 0.301 e. The highest BCUT2D eigenvalue weighted by Crippen LogP contribution is 2.43. The van der Waals surface area contributed by atoms with E-state index in [1.54, 1.807) is 37.3 Å². The molecular formula is C28H22N4O6S. The Bertz CT molecular complexity index is 1630. The molecule has 1 N–H and O–H groups in total. The number of hydrogen-bond donors (Lipinski definition) is 1. The van der Waals surface area contributed by atoms with E-state index in [1.165, 1.54) is 18.2 Å². The molecule has 1 fully saturated rings. The van der Waals surface area contributed by atoms with Gasteiger partial charge in [-0.2, -0.15) is 0 Å². The molecule has 1 aliphatic rings. The van der Waals surface area contributed by atoms with E-state index < -0.39 is 28.4 Å². The van der Waals surface area contributed by atoms with E-state index in [0.29, 0.717) is 17.4 Å². The summed E-state index contributed by atoms with van der Waals surface area (Å²) < 4.78 is 5.84. The number of rotatable bonds is 7. The van der Waals surface area contributed by atoms with Crippen LogP contribution in [-0.4, -0.2) is 31.9 Å². The normalized spacial score (nSPS) is 16.5. The molecule has 2 heterocycles. The number of non-ortho nitro benzene ring substituents is 1. The minimum Gasteiger partial charge on any atom is -0.507 e. The summed E-state index contributed by atoms with van der Waals surface area (Å²) in [4.78, 5) is 38.4. The fourth-order valence-electron chi connectivity index (χ4n) is 4.37. The van der Waals surface area contributed by atoms with Crippen LogP contribution >= 0.6 is 11.3 Å². The quantitative estimate of drug-likeness (QED) is 0.110. The summed E-state index contributed by atoms with van der Waals surface area (Å²) in [7, 11) is 0. The summed E-state index contributed by atoms with van der Waals surface area (Å²) in [6.07, 6.45) is 0. The van der Waals surface area contributed by atoms with Crippen molar-refractivity contribution in [3.8, 4) is 5.75 Å². The molecule has 0 spiro atoms. The van der Waals surface area contributed by atoms with E-state index in [0.717, 1.165) is 27.4 Å². The van der Waals surface area contributed by atoms with Crippen LogP contribution < -0.4 is 9.64 Å². The molecule has 0 bridgehead atoms. The van der Waals surface area contributed by atoms with Crippen LogP contribution in [0.1, 0.15) is 33.3 Å². The zero-order valence-electron chi connectivity index (χ0n) is 20.9. The van der Waals surface area contributed by atoms with Crippen LogP contribution in [0.25, 0.3) is 5.76 Å². The Hall–Kier alpha value is -4.90. The van der Waals surface area contributed by atoms with Crippen LogP contribution in [0.4, 0.5) is 10.8 Å². The van der Waals surface area contributed by atoms with Crippen molar-refractivity contribution in [2.45, 2.75) is 26.5 Å². The van der Waals surface area contributed by atoms with Crippen molar-refractivity contribution in [3.63, 3.8) is 0 Å². The number of carbonyl (C=O) groups excluding carboxylic acids is 2. The number of benzene rings is 3. The third-order valence-corrected chi connectivity index (χ3v) is 7.02. The third-order valence-electron chi connectivity index (χ3n) is 6.18. The molecule has 1 saturated heterocycles. The van der Waals surface area contributed by atoms with Crippen molar-refractivity contribution in [2.24, 2.45) is 0 Å². The molecule has 1 atom stereocenters. The Balaban J connectivity index is 1.53. The maximum atomic E-state index is 13.3. The van der Waals surface area contributed by atoms with Gasteiger partial charge in [0.2, 0.25) is 5.13 Å². The Kier molecular flexibility index (Phi) is 6.90. The summed E-state index contributed by atoms with van der Waals surface area (Å²) in [6.45, 7) is 4.05. The lowest BCUT2D eigenvalue weighted by molar-refractivity contribution is -0.384. The predicted molar refractivity (Wildman–Crippen MR) is 144 cm³/mol. The molecule has 1 amide bonds. The minimum absolute atomic E-state index is 0.144. The minimum atomic E-state index is -1.14. The lowest BCUT2D eigenvalue weighted by Crippen LogP contribution is -2.29. The second-order valence-electron chi connectivity index (χ2n) is 8.93. The molecule has 1 aromatic heterocycles. The number of nitro groups is 1. The van der Waals surface area contributed by atoms with Gasteiger partial charge in [0, 0.05) is 17.7 Å². The van der Waals surface area contributed by atoms with Gasteiger partial charge in [-0.15, -0.1) is 10.2 Å². The number of aryl methyl sites for hydroxylation is 2. The van der Waals surface area contributed by atoms with Crippen LogP contribution in [0, 0.1) is 24.0 Å². The van der Waals surface area contributed by atoms with Crippen molar-refractivity contribution < 1.29 is 24.4 Å². The highest BCUT2D eigenvalue weighted by atomic mass is 32.1. The van der Waals surface area contributed by atoms with Crippen LogP contribution in [0.2, 0.25) is 0 Å². The first-order valence-electron chi connectivity index (χ1n) is 11.9. The molecule has 0 aliphatic carbocycles. The van der Waals surface area contributed by atoms with Crippen molar-refractivity contribution in [3.05, 3.63) is 116 Å². The maximum Gasteiger partial charge on any atom is 0.301 e. The van der Waals surface area contributed by atoms with Gasteiger partial charge in [-0.1, -0.05) is 53.3 Å². The van der Waals surface area contributed by atoms with E-state index in [2.05, 4.69) is 10.2 Å². The second kappa shape index (κ2) is 10.5. The van der Waals surface area contributed by atoms with Gasteiger partial charge < -0.3 is 9.84 Å². The van der Waals surface area contributed by atoms with Gasteiger partial charge in [0.1, 0.15) is 23.1 Å². The standard InChI is InChI=1S/C28H22N4O6S/c1-16-5-3-6-18(13-16)15-38-22-11-9-19(10-12-22)25(33)23-24(20-7-4-8-21(14-20)32(36)37)31(27(35)26(23)34)28-30-29-17(2)39-28/h3-14,24,33H,15H2,1-2H3/b25-23+/t24-/m1/s1. The van der Waals surface area contributed by atoms with Crippen molar-refractivity contribution in [2.75, 3.05) is 4.90 Å². The first kappa shape index (κ1) is 25.7. The number of ketones is 1. The van der Waals surface area contributed by atoms with Crippen molar-refractivity contribution in [1.29, 1.82) is 0 Å². The molecule has 11 heteroatoms. The predicted octanol–water partition coefficient (Wildman–Crippen LogP) is 5.27. The Labute approximate surface area is 227 Å². The van der Waals surface area contributed by atoms with E-state index in [9.17, 15) is 24.8 Å². The molecule has 196 valence electrons. The lowest BCUT2D eigenvalue weighted by Gasteiger charge is -2.22. The van der Waals surface area contributed by atoms with E-state index in [4.69, 9.17) is 4.74 Å². The lowest BCUT2D eigenvalue weighted by atomic mass is 9.95. The number of nitro benzene ring substituents is 1. The van der Waals surface area contributed by atoms with E-state index in [1.807, 2.05) is 31.2 Å². The number of amides is 1. The SMILES string of the molecule is Cc1cccc(COc2ccc(/C(O)=C3\C(=O)C(=O)N(c4nnc(C)s4)[C@@H]3c3cccc([N+](=O)[O-])c3)cc2)c1. The van der Waals surface area contributed by atoms with Gasteiger partial charge >= 0.3 is 5.91 Å². The average molecular weight is 543 g/mol. The molecule has 0 saturated carbocycles. The van der Waals surface area contributed by atoms with Gasteiger partial charge in [0.15, 0.2) is 0 Å². The Morgan fingerprint density at radius 1 is 1.05 bits per heavy atom. The first-order valence-corrected chi connectivity index (χ1v) is 12.7. The zero-order valence-corrected chi connectivity index (χ0v) is 21.7. The number of carbonyl (C=O) groups is 2. The van der Waals surface area contributed by atoms with Crippen LogP contribution in [0.5, 0.6) is 5.75 Å². The average Bonchev–Trinajstić information content (AvgIpc) is 3.47. The van der Waals surface area contributed by atoms with Crippen molar-refractivity contribution in [1.82, 2.24) is 10.2 Å². The largest absolute Gasteiger partial charge is 0.507 e. The molecule has 3 aromatic carbocycles. The summed E-state index contributed by atoms with van der Waals surface area (Å²) >= 11 is 1.09. The van der Waals surface area contributed by atoms with Crippen LogP contribution in [0.3, 0.4) is 0 Å². The summed E-state index contributed by atoms with van der Waals surface area (Å²) in [5.41, 5.74) is 2.25. The molecule has 0 unspecified atom stereocenters. The maximum absolute atomic E-state index is 13.3. The topological polar surface area (TPSA) is 136 Å². The number of nitrogens with zero attached hydrogens (tertiary/aromatic N) is 4. The van der Waals surface area contributed by atoms with Crippen LogP contribution in [-0.2, 0) is 16.2 Å². The number of anilines is 1. The summed E-state index contributed by atoms with van der Waals surface area (Å²) in [6, 6.07) is 18.8. The molecule has 39 heavy (non-hydrogen) atoms. The summed E-state index contributed by atoms with van der Waals surface area (Å²) in [5.74, 6) is -1.72. The monoisotopic (exact) mass is 542 g/mol. The number of hydrogen-bond acceptors (Lipinski definition) is 9. The van der Waals surface area contributed by atoms with E-state index >= 15 is 0 Å². The van der Waals surface area contributed by atoms with Crippen molar-refractivity contribution >= 4 is 39.6 Å². The Morgan fingerprint density at radius 2 is 1.79 bits per heavy atom. The second-order valence-corrected chi connectivity index (χ2v) is 10.1.